The molecule has 0 radical (unpaired) electrons. The third-order valence-corrected chi connectivity index (χ3v) is 2.81. The Hall–Kier alpha value is -1.38. The number of hydrogen-bond donors (Lipinski definition) is 1. The van der Waals surface area contributed by atoms with E-state index in [2.05, 4.69) is 19.2 Å². The van der Waals surface area contributed by atoms with Crippen LogP contribution in [0.3, 0.4) is 0 Å². The van der Waals surface area contributed by atoms with E-state index in [0.29, 0.717) is 12.3 Å². The third kappa shape index (κ3) is 4.55. The Morgan fingerprint density at radius 1 is 1.29 bits per heavy atom. The van der Waals surface area contributed by atoms with Crippen molar-refractivity contribution < 1.29 is 9.18 Å². The highest BCUT2D eigenvalue weighted by molar-refractivity contribution is 5.76. The first kappa shape index (κ1) is 13.7. The Bertz CT molecular complexity index is 359. The van der Waals surface area contributed by atoms with Crippen molar-refractivity contribution in [2.75, 3.05) is 7.05 Å². The van der Waals surface area contributed by atoms with Crippen LogP contribution in [-0.4, -0.2) is 13.0 Å². The molecule has 17 heavy (non-hydrogen) atoms. The second-order valence-corrected chi connectivity index (χ2v) is 4.76. The Morgan fingerprint density at radius 2 is 1.88 bits per heavy atom. The molecule has 1 N–H and O–H groups in total. The highest BCUT2D eigenvalue weighted by Crippen LogP contribution is 2.27. The molecule has 0 aliphatic rings. The zero-order valence-electron chi connectivity index (χ0n) is 10.7. The number of halogens is 1. The average Bonchev–Trinajstić information content (AvgIpc) is 2.28. The fourth-order valence-electron chi connectivity index (χ4n) is 1.97. The van der Waals surface area contributed by atoms with Crippen molar-refractivity contribution >= 4 is 5.91 Å². The van der Waals surface area contributed by atoms with Crippen LogP contribution in [0.1, 0.15) is 38.2 Å². The molecule has 0 aromatic heterocycles. The topological polar surface area (TPSA) is 29.1 Å². The van der Waals surface area contributed by atoms with Crippen LogP contribution in [0.2, 0.25) is 0 Å². The Kier molecular flexibility index (Phi) is 5.13. The summed E-state index contributed by atoms with van der Waals surface area (Å²) in [5, 5.41) is 2.64. The zero-order chi connectivity index (χ0) is 12.8. The van der Waals surface area contributed by atoms with Gasteiger partial charge in [-0.3, -0.25) is 4.79 Å². The molecule has 0 saturated carbocycles. The molecule has 94 valence electrons. The predicted octanol–water partition coefficient (Wildman–Crippen LogP) is 3.09. The largest absolute Gasteiger partial charge is 0.359 e. The van der Waals surface area contributed by atoms with Gasteiger partial charge in [-0.05, 0) is 36.0 Å². The van der Waals surface area contributed by atoms with Gasteiger partial charge < -0.3 is 5.32 Å². The molecular weight excluding hydrogens is 217 g/mol. The summed E-state index contributed by atoms with van der Waals surface area (Å²) in [6.45, 7) is 4.25. The van der Waals surface area contributed by atoms with Gasteiger partial charge >= 0.3 is 0 Å². The van der Waals surface area contributed by atoms with Gasteiger partial charge in [0.15, 0.2) is 0 Å². The molecule has 0 fully saturated rings. The summed E-state index contributed by atoms with van der Waals surface area (Å²) < 4.78 is 12.9. The van der Waals surface area contributed by atoms with Gasteiger partial charge in [0.2, 0.25) is 5.91 Å². The lowest BCUT2D eigenvalue weighted by Crippen LogP contribution is -2.21. The minimum Gasteiger partial charge on any atom is -0.359 e. The molecule has 1 aromatic carbocycles. The molecule has 0 aliphatic carbocycles. The maximum Gasteiger partial charge on any atom is 0.220 e. The molecule has 0 spiro atoms. The van der Waals surface area contributed by atoms with Gasteiger partial charge in [0.25, 0.3) is 0 Å². The highest BCUT2D eigenvalue weighted by Gasteiger charge is 2.16. The summed E-state index contributed by atoms with van der Waals surface area (Å²) in [5.41, 5.74) is 1.03. The monoisotopic (exact) mass is 237 g/mol. The first-order chi connectivity index (χ1) is 8.02. The van der Waals surface area contributed by atoms with Crippen LogP contribution in [0.25, 0.3) is 0 Å². The lowest BCUT2D eigenvalue weighted by Gasteiger charge is -2.18. The first-order valence-corrected chi connectivity index (χ1v) is 5.99. The van der Waals surface area contributed by atoms with Crippen LogP contribution in [-0.2, 0) is 4.79 Å². The second-order valence-electron chi connectivity index (χ2n) is 4.76. The number of rotatable bonds is 5. The molecule has 1 aromatic rings. The van der Waals surface area contributed by atoms with Gasteiger partial charge in [0, 0.05) is 13.5 Å². The summed E-state index contributed by atoms with van der Waals surface area (Å²) in [6.07, 6.45) is 1.39. The van der Waals surface area contributed by atoms with E-state index in [9.17, 15) is 9.18 Å². The van der Waals surface area contributed by atoms with E-state index in [0.717, 1.165) is 12.0 Å². The van der Waals surface area contributed by atoms with E-state index in [1.807, 2.05) is 0 Å². The maximum atomic E-state index is 12.9. The lowest BCUT2D eigenvalue weighted by atomic mass is 9.87. The van der Waals surface area contributed by atoms with Crippen molar-refractivity contribution in [1.29, 1.82) is 0 Å². The Morgan fingerprint density at radius 3 is 2.35 bits per heavy atom. The van der Waals surface area contributed by atoms with Gasteiger partial charge in [-0.2, -0.15) is 0 Å². The van der Waals surface area contributed by atoms with Crippen molar-refractivity contribution in [3.8, 4) is 0 Å². The molecule has 0 bridgehead atoms. The van der Waals surface area contributed by atoms with Gasteiger partial charge in [-0.25, -0.2) is 4.39 Å². The summed E-state index contributed by atoms with van der Waals surface area (Å²) >= 11 is 0. The fourth-order valence-corrected chi connectivity index (χ4v) is 1.97. The van der Waals surface area contributed by atoms with E-state index in [1.165, 1.54) is 12.1 Å². The van der Waals surface area contributed by atoms with Crippen molar-refractivity contribution in [3.05, 3.63) is 35.6 Å². The summed E-state index contributed by atoms with van der Waals surface area (Å²) in [5.74, 6) is 0.460. The minimum atomic E-state index is -0.239. The highest BCUT2D eigenvalue weighted by atomic mass is 19.1. The van der Waals surface area contributed by atoms with E-state index in [4.69, 9.17) is 0 Å². The van der Waals surface area contributed by atoms with E-state index >= 15 is 0 Å². The van der Waals surface area contributed by atoms with Crippen LogP contribution in [0.5, 0.6) is 0 Å². The number of amides is 1. The van der Waals surface area contributed by atoms with Gasteiger partial charge in [0.05, 0.1) is 0 Å². The van der Waals surface area contributed by atoms with Crippen LogP contribution >= 0.6 is 0 Å². The van der Waals surface area contributed by atoms with Crippen molar-refractivity contribution in [3.63, 3.8) is 0 Å². The molecule has 0 saturated heterocycles. The van der Waals surface area contributed by atoms with Gasteiger partial charge in [0.1, 0.15) is 5.82 Å². The predicted molar refractivity (Wildman–Crippen MR) is 67.3 cm³/mol. The van der Waals surface area contributed by atoms with E-state index in [1.54, 1.807) is 19.2 Å². The summed E-state index contributed by atoms with van der Waals surface area (Å²) in [7, 11) is 1.64. The Labute approximate surface area is 102 Å². The Balaban J connectivity index is 2.81. The molecule has 1 amide bonds. The molecular formula is C14H20FNO. The number of carbonyl (C=O) groups excluding carboxylic acids is 1. The summed E-state index contributed by atoms with van der Waals surface area (Å²) in [6, 6.07) is 6.44. The normalized spacial score (nSPS) is 12.5. The fraction of sp³-hybridized carbons (Fsp3) is 0.500. The van der Waals surface area contributed by atoms with Gasteiger partial charge in [-0.15, -0.1) is 0 Å². The molecule has 0 heterocycles. The van der Waals surface area contributed by atoms with Crippen LogP contribution in [0, 0.1) is 11.7 Å². The molecule has 1 rings (SSSR count). The van der Waals surface area contributed by atoms with Crippen molar-refractivity contribution in [2.24, 2.45) is 5.92 Å². The smallest absolute Gasteiger partial charge is 0.220 e. The standard InChI is InChI=1S/C14H20FNO/c1-10(2)8-12(9-14(17)16-3)11-4-6-13(15)7-5-11/h4-7,10,12H,8-9H2,1-3H3,(H,16,17). The van der Waals surface area contributed by atoms with Gasteiger partial charge in [-0.1, -0.05) is 26.0 Å². The second kappa shape index (κ2) is 6.38. The molecule has 3 heteroatoms. The number of carbonyl (C=O) groups is 1. The van der Waals surface area contributed by atoms with Crippen LogP contribution in [0.15, 0.2) is 24.3 Å². The molecule has 1 unspecified atom stereocenters. The number of benzene rings is 1. The minimum absolute atomic E-state index is 0.0278. The number of nitrogens with one attached hydrogen (secondary N) is 1. The van der Waals surface area contributed by atoms with E-state index in [-0.39, 0.29) is 17.6 Å². The average molecular weight is 237 g/mol. The zero-order valence-corrected chi connectivity index (χ0v) is 10.7. The molecule has 2 nitrogen and oxygen atoms in total. The lowest BCUT2D eigenvalue weighted by molar-refractivity contribution is -0.121. The van der Waals surface area contributed by atoms with Crippen LogP contribution in [0.4, 0.5) is 4.39 Å². The molecule has 1 atom stereocenters. The first-order valence-electron chi connectivity index (χ1n) is 5.99. The van der Waals surface area contributed by atoms with Crippen molar-refractivity contribution in [1.82, 2.24) is 5.32 Å². The van der Waals surface area contributed by atoms with Crippen LogP contribution < -0.4 is 5.32 Å². The summed E-state index contributed by atoms with van der Waals surface area (Å²) in [4.78, 5) is 11.5. The third-order valence-electron chi connectivity index (χ3n) is 2.81. The number of hydrogen-bond acceptors (Lipinski definition) is 1. The maximum absolute atomic E-state index is 12.9. The molecule has 0 aliphatic heterocycles. The van der Waals surface area contributed by atoms with Crippen molar-refractivity contribution in [2.45, 2.75) is 32.6 Å². The SMILES string of the molecule is CNC(=O)CC(CC(C)C)c1ccc(F)cc1. The van der Waals surface area contributed by atoms with E-state index < -0.39 is 0 Å². The quantitative estimate of drug-likeness (QED) is 0.837.